The minimum Gasteiger partial charge on any atom is -0.494 e. The van der Waals surface area contributed by atoms with Gasteiger partial charge in [-0.3, -0.25) is 10.1 Å². The van der Waals surface area contributed by atoms with Crippen LogP contribution in [0.25, 0.3) is 22.5 Å². The number of aromatic nitrogens is 3. The SMILES string of the molecule is CCOc1ccc(-c2c(N)n[nH]c2-c2ccccn2)cc1. The molecule has 106 valence electrons. The molecule has 0 amide bonds. The number of hydrogen-bond donors (Lipinski definition) is 2. The van der Waals surface area contributed by atoms with E-state index in [-0.39, 0.29) is 0 Å². The normalized spacial score (nSPS) is 10.5. The zero-order chi connectivity index (χ0) is 14.7. The van der Waals surface area contributed by atoms with Crippen LogP contribution in [0, 0.1) is 0 Å². The number of ether oxygens (including phenoxy) is 1. The fraction of sp³-hybridized carbons (Fsp3) is 0.125. The molecule has 0 atom stereocenters. The van der Waals surface area contributed by atoms with E-state index in [0.717, 1.165) is 28.3 Å². The summed E-state index contributed by atoms with van der Waals surface area (Å²) in [5.74, 6) is 1.29. The summed E-state index contributed by atoms with van der Waals surface area (Å²) in [6.45, 7) is 2.60. The first-order valence-electron chi connectivity index (χ1n) is 6.78. The maximum atomic E-state index is 6.01. The summed E-state index contributed by atoms with van der Waals surface area (Å²) in [7, 11) is 0. The topological polar surface area (TPSA) is 76.8 Å². The van der Waals surface area contributed by atoms with E-state index in [4.69, 9.17) is 10.5 Å². The van der Waals surface area contributed by atoms with Gasteiger partial charge in [-0.1, -0.05) is 18.2 Å². The van der Waals surface area contributed by atoms with E-state index >= 15 is 0 Å². The molecule has 0 aliphatic heterocycles. The largest absolute Gasteiger partial charge is 0.494 e. The molecule has 0 fully saturated rings. The Labute approximate surface area is 122 Å². The molecular weight excluding hydrogens is 264 g/mol. The highest BCUT2D eigenvalue weighted by Gasteiger charge is 2.15. The maximum absolute atomic E-state index is 6.01. The maximum Gasteiger partial charge on any atom is 0.153 e. The molecule has 0 aliphatic carbocycles. The Hall–Kier alpha value is -2.82. The van der Waals surface area contributed by atoms with Crippen molar-refractivity contribution in [2.24, 2.45) is 0 Å². The van der Waals surface area contributed by atoms with Gasteiger partial charge in [-0.2, -0.15) is 5.10 Å². The monoisotopic (exact) mass is 280 g/mol. The van der Waals surface area contributed by atoms with Gasteiger partial charge in [0.15, 0.2) is 5.82 Å². The van der Waals surface area contributed by atoms with Crippen molar-refractivity contribution in [1.82, 2.24) is 15.2 Å². The van der Waals surface area contributed by atoms with Gasteiger partial charge in [0.2, 0.25) is 0 Å². The van der Waals surface area contributed by atoms with Crippen molar-refractivity contribution < 1.29 is 4.74 Å². The van der Waals surface area contributed by atoms with E-state index in [1.165, 1.54) is 0 Å². The smallest absolute Gasteiger partial charge is 0.153 e. The van der Waals surface area contributed by atoms with Gasteiger partial charge in [0, 0.05) is 6.20 Å². The Bertz CT molecular complexity index is 720. The summed E-state index contributed by atoms with van der Waals surface area (Å²) in [5.41, 5.74) is 9.47. The van der Waals surface area contributed by atoms with Crippen LogP contribution in [0.2, 0.25) is 0 Å². The molecule has 0 spiro atoms. The van der Waals surface area contributed by atoms with Crippen molar-refractivity contribution >= 4 is 5.82 Å². The van der Waals surface area contributed by atoms with Crippen LogP contribution in [0.5, 0.6) is 5.75 Å². The molecule has 5 heteroatoms. The molecule has 0 radical (unpaired) electrons. The van der Waals surface area contributed by atoms with Crippen molar-refractivity contribution in [3.05, 3.63) is 48.7 Å². The zero-order valence-electron chi connectivity index (χ0n) is 11.7. The number of hydrogen-bond acceptors (Lipinski definition) is 4. The van der Waals surface area contributed by atoms with E-state index in [9.17, 15) is 0 Å². The molecule has 1 aromatic carbocycles. The van der Waals surface area contributed by atoms with Crippen LogP contribution in [0.4, 0.5) is 5.82 Å². The van der Waals surface area contributed by atoms with Crippen LogP contribution < -0.4 is 10.5 Å². The summed E-state index contributed by atoms with van der Waals surface area (Å²) in [6.07, 6.45) is 1.74. The van der Waals surface area contributed by atoms with Crippen LogP contribution in [0.1, 0.15) is 6.92 Å². The number of nitrogens with two attached hydrogens (primary N) is 1. The summed E-state index contributed by atoms with van der Waals surface area (Å²) in [6, 6.07) is 13.5. The number of nitrogen functional groups attached to an aromatic ring is 1. The number of pyridine rings is 1. The van der Waals surface area contributed by atoms with Crippen molar-refractivity contribution in [2.75, 3.05) is 12.3 Å². The molecule has 3 aromatic rings. The van der Waals surface area contributed by atoms with Crippen molar-refractivity contribution in [3.63, 3.8) is 0 Å². The fourth-order valence-electron chi connectivity index (χ4n) is 2.23. The third-order valence-corrected chi connectivity index (χ3v) is 3.17. The Morgan fingerprint density at radius 3 is 2.62 bits per heavy atom. The van der Waals surface area contributed by atoms with Gasteiger partial charge in [0.05, 0.1) is 23.6 Å². The molecule has 0 saturated carbocycles. The van der Waals surface area contributed by atoms with Gasteiger partial charge >= 0.3 is 0 Å². The van der Waals surface area contributed by atoms with Crippen LogP contribution in [-0.4, -0.2) is 21.8 Å². The number of nitrogens with one attached hydrogen (secondary N) is 1. The molecule has 3 rings (SSSR count). The molecule has 5 nitrogen and oxygen atoms in total. The minimum atomic E-state index is 0.458. The highest BCUT2D eigenvalue weighted by molar-refractivity contribution is 5.86. The van der Waals surface area contributed by atoms with Gasteiger partial charge in [0.25, 0.3) is 0 Å². The summed E-state index contributed by atoms with van der Waals surface area (Å²) in [4.78, 5) is 4.34. The van der Waals surface area contributed by atoms with E-state index < -0.39 is 0 Å². The third kappa shape index (κ3) is 2.58. The number of H-pyrrole nitrogens is 1. The van der Waals surface area contributed by atoms with Crippen LogP contribution >= 0.6 is 0 Å². The lowest BCUT2D eigenvalue weighted by molar-refractivity contribution is 0.340. The average Bonchev–Trinajstić information content (AvgIpc) is 2.91. The number of nitrogens with zero attached hydrogens (tertiary/aromatic N) is 2. The molecule has 21 heavy (non-hydrogen) atoms. The summed E-state index contributed by atoms with van der Waals surface area (Å²) >= 11 is 0. The lowest BCUT2D eigenvalue weighted by Crippen LogP contribution is -1.92. The average molecular weight is 280 g/mol. The van der Waals surface area contributed by atoms with Crippen molar-refractivity contribution in [3.8, 4) is 28.3 Å². The summed E-state index contributed by atoms with van der Waals surface area (Å²) < 4.78 is 5.46. The lowest BCUT2D eigenvalue weighted by atomic mass is 10.0. The predicted octanol–water partition coefficient (Wildman–Crippen LogP) is 3.12. The number of rotatable bonds is 4. The Kier molecular flexibility index (Phi) is 3.55. The first-order chi connectivity index (χ1) is 10.3. The van der Waals surface area contributed by atoms with Crippen LogP contribution in [-0.2, 0) is 0 Å². The van der Waals surface area contributed by atoms with Gasteiger partial charge in [-0.05, 0) is 36.8 Å². The van der Waals surface area contributed by atoms with Gasteiger partial charge < -0.3 is 10.5 Å². The quantitative estimate of drug-likeness (QED) is 0.769. The third-order valence-electron chi connectivity index (χ3n) is 3.17. The highest BCUT2D eigenvalue weighted by atomic mass is 16.5. The van der Waals surface area contributed by atoms with Crippen LogP contribution in [0.15, 0.2) is 48.7 Å². The Balaban J connectivity index is 2.04. The molecule has 2 heterocycles. The highest BCUT2D eigenvalue weighted by Crippen LogP contribution is 2.34. The molecule has 2 aromatic heterocycles. The first kappa shape index (κ1) is 13.2. The van der Waals surface area contributed by atoms with Crippen molar-refractivity contribution in [1.29, 1.82) is 0 Å². The van der Waals surface area contributed by atoms with Gasteiger partial charge in [0.1, 0.15) is 5.75 Å². The summed E-state index contributed by atoms with van der Waals surface area (Å²) in [5, 5.41) is 7.07. The van der Waals surface area contributed by atoms with E-state index in [0.29, 0.717) is 12.4 Å². The predicted molar refractivity (Wildman–Crippen MR) is 82.8 cm³/mol. The lowest BCUT2D eigenvalue weighted by Gasteiger charge is -2.06. The van der Waals surface area contributed by atoms with Crippen molar-refractivity contribution in [2.45, 2.75) is 6.92 Å². The first-order valence-corrected chi connectivity index (χ1v) is 6.78. The molecular formula is C16H16N4O. The molecule has 0 aliphatic rings. The molecule has 3 N–H and O–H groups in total. The Morgan fingerprint density at radius 2 is 1.95 bits per heavy atom. The Morgan fingerprint density at radius 1 is 1.14 bits per heavy atom. The standard InChI is InChI=1S/C16H16N4O/c1-2-21-12-8-6-11(7-9-12)14-15(19-20-16(14)17)13-5-3-4-10-18-13/h3-10H,2H2,1H3,(H3,17,19,20). The van der Waals surface area contributed by atoms with Gasteiger partial charge in [-0.25, -0.2) is 0 Å². The number of benzene rings is 1. The second-order valence-electron chi connectivity index (χ2n) is 4.53. The van der Waals surface area contributed by atoms with Crippen LogP contribution in [0.3, 0.4) is 0 Å². The fourth-order valence-corrected chi connectivity index (χ4v) is 2.23. The molecule has 0 bridgehead atoms. The molecule has 0 saturated heterocycles. The second kappa shape index (κ2) is 5.66. The second-order valence-corrected chi connectivity index (χ2v) is 4.53. The van der Waals surface area contributed by atoms with E-state index in [1.54, 1.807) is 6.20 Å². The van der Waals surface area contributed by atoms with Gasteiger partial charge in [-0.15, -0.1) is 0 Å². The molecule has 0 unspecified atom stereocenters. The van der Waals surface area contributed by atoms with E-state index in [2.05, 4.69) is 15.2 Å². The number of aromatic amines is 1. The number of anilines is 1. The minimum absolute atomic E-state index is 0.458. The van der Waals surface area contributed by atoms with E-state index in [1.807, 2.05) is 49.4 Å². The zero-order valence-corrected chi connectivity index (χ0v) is 11.7.